The van der Waals surface area contributed by atoms with Gasteiger partial charge in [0.05, 0.1) is 18.6 Å². The lowest BCUT2D eigenvalue weighted by atomic mass is 10.0. The van der Waals surface area contributed by atoms with Crippen LogP contribution in [0.2, 0.25) is 0 Å². The minimum Gasteiger partial charge on any atom is -0.366 e. The van der Waals surface area contributed by atoms with Crippen LogP contribution in [0.3, 0.4) is 0 Å². The molecule has 0 unspecified atom stereocenters. The van der Waals surface area contributed by atoms with Gasteiger partial charge in [-0.3, -0.25) is 5.41 Å². The fourth-order valence-corrected chi connectivity index (χ4v) is 0.802. The Balaban J connectivity index is 2.61. The van der Waals surface area contributed by atoms with Crippen LogP contribution in [0.25, 0.3) is 0 Å². The molecule has 0 aromatic carbocycles. The van der Waals surface area contributed by atoms with E-state index in [1.807, 2.05) is 18.2 Å². The SMILES string of the molecule is COCC1=CC=C[CH+]C1=N. The molecule has 2 heteroatoms. The average molecular weight is 136 g/mol. The van der Waals surface area contributed by atoms with Gasteiger partial charge in [0.15, 0.2) is 5.71 Å². The summed E-state index contributed by atoms with van der Waals surface area (Å²) in [4.78, 5) is 0. The lowest BCUT2D eigenvalue weighted by molar-refractivity contribution is 0.229. The Morgan fingerprint density at radius 2 is 2.50 bits per heavy atom. The number of methoxy groups -OCH3 is 1. The van der Waals surface area contributed by atoms with Gasteiger partial charge >= 0.3 is 0 Å². The van der Waals surface area contributed by atoms with E-state index in [9.17, 15) is 0 Å². The summed E-state index contributed by atoms with van der Waals surface area (Å²) in [5.41, 5.74) is 1.48. The molecule has 1 aliphatic carbocycles. The summed E-state index contributed by atoms with van der Waals surface area (Å²) in [5.74, 6) is 0. The van der Waals surface area contributed by atoms with Crippen molar-refractivity contribution in [2.24, 2.45) is 0 Å². The van der Waals surface area contributed by atoms with E-state index in [1.54, 1.807) is 13.5 Å². The fraction of sp³-hybridized carbons (Fsp3) is 0.250. The predicted octanol–water partition coefficient (Wildman–Crippen LogP) is 1.35. The first kappa shape index (κ1) is 7.09. The zero-order chi connectivity index (χ0) is 7.40. The van der Waals surface area contributed by atoms with E-state index in [4.69, 9.17) is 10.1 Å². The van der Waals surface area contributed by atoms with E-state index >= 15 is 0 Å². The van der Waals surface area contributed by atoms with Crippen LogP contribution in [0.4, 0.5) is 0 Å². The second kappa shape index (κ2) is 3.22. The van der Waals surface area contributed by atoms with Gasteiger partial charge in [-0.1, -0.05) is 0 Å². The lowest BCUT2D eigenvalue weighted by Crippen LogP contribution is -2.08. The molecule has 1 aliphatic rings. The Morgan fingerprint density at radius 3 is 3.10 bits per heavy atom. The Kier molecular flexibility index (Phi) is 2.29. The van der Waals surface area contributed by atoms with Crippen molar-refractivity contribution < 1.29 is 4.74 Å². The normalized spacial score (nSPS) is 16.5. The van der Waals surface area contributed by atoms with Crippen molar-refractivity contribution in [2.45, 2.75) is 0 Å². The van der Waals surface area contributed by atoms with Crippen molar-refractivity contribution in [3.63, 3.8) is 0 Å². The summed E-state index contributed by atoms with van der Waals surface area (Å²) < 4.78 is 4.89. The highest BCUT2D eigenvalue weighted by Crippen LogP contribution is 2.06. The molecule has 0 saturated heterocycles. The van der Waals surface area contributed by atoms with Crippen LogP contribution in [-0.2, 0) is 4.74 Å². The molecule has 0 bridgehead atoms. The Morgan fingerprint density at radius 1 is 1.70 bits per heavy atom. The molecular formula is C8H10NO+. The van der Waals surface area contributed by atoms with Gasteiger partial charge in [-0.15, -0.1) is 0 Å². The first-order valence-electron chi connectivity index (χ1n) is 3.13. The molecule has 1 N–H and O–H groups in total. The van der Waals surface area contributed by atoms with E-state index < -0.39 is 0 Å². The molecule has 0 amide bonds. The van der Waals surface area contributed by atoms with Crippen LogP contribution in [0, 0.1) is 11.8 Å². The van der Waals surface area contributed by atoms with Crippen molar-refractivity contribution in [1.29, 1.82) is 5.41 Å². The van der Waals surface area contributed by atoms with Gasteiger partial charge in [0.1, 0.15) is 12.2 Å². The first-order valence-corrected chi connectivity index (χ1v) is 3.13. The molecule has 0 fully saturated rings. The van der Waals surface area contributed by atoms with Crippen LogP contribution in [0.1, 0.15) is 0 Å². The predicted molar refractivity (Wildman–Crippen MR) is 41.1 cm³/mol. The lowest BCUT2D eigenvalue weighted by Gasteiger charge is -1.99. The van der Waals surface area contributed by atoms with Gasteiger partial charge in [0.2, 0.25) is 0 Å². The topological polar surface area (TPSA) is 33.1 Å². The van der Waals surface area contributed by atoms with Gasteiger partial charge in [-0.25, -0.2) is 0 Å². The number of ether oxygens (including phenoxy) is 1. The monoisotopic (exact) mass is 136 g/mol. The second-order valence-corrected chi connectivity index (χ2v) is 2.09. The third kappa shape index (κ3) is 1.48. The highest BCUT2D eigenvalue weighted by Gasteiger charge is 2.13. The molecule has 52 valence electrons. The van der Waals surface area contributed by atoms with E-state index in [2.05, 4.69) is 0 Å². The standard InChI is InChI=1S/C8H10NO/c1-10-6-7-4-2-3-5-8(7)9/h2-5,9H,6H2,1H3/q+1. The maximum Gasteiger partial charge on any atom is 0.171 e. The van der Waals surface area contributed by atoms with E-state index in [1.165, 1.54) is 0 Å². The number of nitrogens with one attached hydrogen (secondary N) is 1. The van der Waals surface area contributed by atoms with Crippen molar-refractivity contribution in [2.75, 3.05) is 13.7 Å². The zero-order valence-corrected chi connectivity index (χ0v) is 5.92. The Labute approximate surface area is 60.7 Å². The zero-order valence-electron chi connectivity index (χ0n) is 5.92. The van der Waals surface area contributed by atoms with E-state index in [0.717, 1.165) is 5.57 Å². The Hall–Kier alpha value is -1.02. The van der Waals surface area contributed by atoms with Gasteiger partial charge in [0.25, 0.3) is 0 Å². The highest BCUT2D eigenvalue weighted by molar-refractivity contribution is 6.06. The Bertz CT molecular complexity index is 191. The molecule has 0 saturated carbocycles. The third-order valence-electron chi connectivity index (χ3n) is 1.32. The molecule has 0 aliphatic heterocycles. The van der Waals surface area contributed by atoms with Crippen molar-refractivity contribution in [3.8, 4) is 0 Å². The summed E-state index contributed by atoms with van der Waals surface area (Å²) in [5, 5.41) is 7.39. The van der Waals surface area contributed by atoms with Crippen molar-refractivity contribution >= 4 is 5.71 Å². The molecule has 0 aromatic heterocycles. The fourth-order valence-electron chi connectivity index (χ4n) is 0.802. The summed E-state index contributed by atoms with van der Waals surface area (Å²) in [6.45, 7) is 0.527. The minimum absolute atomic E-state index is 0.527. The van der Waals surface area contributed by atoms with E-state index in [-0.39, 0.29) is 0 Å². The maximum absolute atomic E-state index is 7.39. The molecule has 0 atom stereocenters. The summed E-state index contributed by atoms with van der Waals surface area (Å²) in [6, 6.07) is 0. The highest BCUT2D eigenvalue weighted by atomic mass is 16.5. The third-order valence-corrected chi connectivity index (χ3v) is 1.32. The second-order valence-electron chi connectivity index (χ2n) is 2.09. The first-order chi connectivity index (χ1) is 4.84. The summed E-state index contributed by atoms with van der Waals surface area (Å²) in [7, 11) is 1.63. The van der Waals surface area contributed by atoms with Gasteiger partial charge < -0.3 is 4.74 Å². The quantitative estimate of drug-likeness (QED) is 0.571. The van der Waals surface area contributed by atoms with Crippen LogP contribution >= 0.6 is 0 Å². The molecule has 0 heterocycles. The molecule has 1 rings (SSSR count). The average Bonchev–Trinajstić information content (AvgIpc) is 1.94. The largest absolute Gasteiger partial charge is 0.366 e. The van der Waals surface area contributed by atoms with Crippen molar-refractivity contribution in [1.82, 2.24) is 0 Å². The minimum atomic E-state index is 0.527. The van der Waals surface area contributed by atoms with Gasteiger partial charge in [0, 0.05) is 13.2 Å². The number of hydrogen-bond donors (Lipinski definition) is 1. The molecule has 10 heavy (non-hydrogen) atoms. The van der Waals surface area contributed by atoms with Crippen LogP contribution < -0.4 is 0 Å². The molecule has 0 aromatic rings. The molecule has 2 nitrogen and oxygen atoms in total. The van der Waals surface area contributed by atoms with Crippen LogP contribution in [0.15, 0.2) is 23.8 Å². The molecular weight excluding hydrogens is 126 g/mol. The van der Waals surface area contributed by atoms with Crippen LogP contribution in [-0.4, -0.2) is 19.4 Å². The summed E-state index contributed by atoms with van der Waals surface area (Å²) in [6.07, 6.45) is 7.41. The van der Waals surface area contributed by atoms with Gasteiger partial charge in [-0.2, -0.15) is 0 Å². The smallest absolute Gasteiger partial charge is 0.171 e. The molecule has 0 radical (unpaired) electrons. The number of allylic oxidation sites excluding steroid dienone is 3. The molecule has 0 spiro atoms. The van der Waals surface area contributed by atoms with Crippen molar-refractivity contribution in [3.05, 3.63) is 30.2 Å². The summed E-state index contributed by atoms with van der Waals surface area (Å²) >= 11 is 0. The number of hydrogen-bond acceptors (Lipinski definition) is 2. The van der Waals surface area contributed by atoms with Gasteiger partial charge in [-0.05, 0) is 0 Å². The maximum atomic E-state index is 7.39. The number of rotatable bonds is 2. The van der Waals surface area contributed by atoms with Crippen LogP contribution in [0.5, 0.6) is 0 Å². The van der Waals surface area contributed by atoms with E-state index in [0.29, 0.717) is 12.3 Å².